The van der Waals surface area contributed by atoms with Gasteiger partial charge in [0, 0.05) is 0 Å². The number of fused-ring (bicyclic) bond motifs is 2. The summed E-state index contributed by atoms with van der Waals surface area (Å²) in [4.78, 5) is 37.2. The Kier molecular flexibility index (Phi) is 4.53. The summed E-state index contributed by atoms with van der Waals surface area (Å²) in [5.74, 6) is -1.58. The van der Waals surface area contributed by atoms with Crippen LogP contribution in [0.3, 0.4) is 0 Å². The molecule has 2 aliphatic heterocycles. The van der Waals surface area contributed by atoms with Crippen molar-refractivity contribution < 1.29 is 23.9 Å². The van der Waals surface area contributed by atoms with Gasteiger partial charge in [-0.05, 0) is 19.9 Å². The van der Waals surface area contributed by atoms with E-state index in [1.165, 1.54) is 0 Å². The second-order valence-electron chi connectivity index (χ2n) is 5.63. The predicted molar refractivity (Wildman–Crippen MR) is 77.7 cm³/mol. The third kappa shape index (κ3) is 3.35. The van der Waals surface area contributed by atoms with E-state index in [1.54, 1.807) is 32.9 Å². The van der Waals surface area contributed by atoms with Crippen LogP contribution in [0.1, 0.15) is 20.8 Å². The molecule has 0 aromatic carbocycles. The van der Waals surface area contributed by atoms with Gasteiger partial charge in [0.25, 0.3) is 5.91 Å². The minimum Gasteiger partial charge on any atom is -0.463 e. The van der Waals surface area contributed by atoms with Crippen molar-refractivity contribution >= 4 is 33.7 Å². The molecule has 2 aliphatic rings. The topological polar surface area (TPSA) is 72.9 Å². The highest BCUT2D eigenvalue weighted by atomic mass is 79.9. The Bertz CT molecular complexity index is 496. The number of halogens is 1. The first-order chi connectivity index (χ1) is 9.71. The van der Waals surface area contributed by atoms with E-state index in [4.69, 9.17) is 9.47 Å². The number of hydrogen-bond donors (Lipinski definition) is 0. The zero-order valence-corrected chi connectivity index (χ0v) is 13.8. The van der Waals surface area contributed by atoms with Crippen LogP contribution in [0.25, 0.3) is 0 Å². The third-order valence-corrected chi connectivity index (χ3v) is 3.79. The number of ether oxygens (including phenoxy) is 2. The Morgan fingerprint density at radius 2 is 2.05 bits per heavy atom. The van der Waals surface area contributed by atoms with E-state index in [1.807, 2.05) is 0 Å². The van der Waals surface area contributed by atoms with Crippen LogP contribution >= 0.6 is 15.9 Å². The first-order valence-corrected chi connectivity index (χ1v) is 7.56. The van der Waals surface area contributed by atoms with Crippen LogP contribution in [-0.4, -0.2) is 52.4 Å². The molecule has 116 valence electrons. The summed E-state index contributed by atoms with van der Waals surface area (Å²) in [6, 6.07) is 0. The van der Waals surface area contributed by atoms with Crippen molar-refractivity contribution in [1.29, 1.82) is 0 Å². The fourth-order valence-electron chi connectivity index (χ4n) is 2.17. The van der Waals surface area contributed by atoms with Gasteiger partial charge >= 0.3 is 5.97 Å². The Hall–Kier alpha value is -1.21. The van der Waals surface area contributed by atoms with Crippen molar-refractivity contribution in [2.45, 2.75) is 37.3 Å². The summed E-state index contributed by atoms with van der Waals surface area (Å²) in [7, 11) is 0. The molecule has 1 fully saturated rings. The molecule has 0 aliphatic carbocycles. The van der Waals surface area contributed by atoms with Crippen molar-refractivity contribution in [1.82, 2.24) is 4.90 Å². The molecule has 6 nitrogen and oxygen atoms in total. The van der Waals surface area contributed by atoms with Crippen LogP contribution in [-0.2, 0) is 23.9 Å². The molecule has 2 heterocycles. The van der Waals surface area contributed by atoms with Crippen LogP contribution < -0.4 is 0 Å². The van der Waals surface area contributed by atoms with Crippen LogP contribution in [0.4, 0.5) is 0 Å². The summed E-state index contributed by atoms with van der Waals surface area (Å²) in [6.45, 7) is 5.06. The van der Waals surface area contributed by atoms with Gasteiger partial charge in [0.15, 0.2) is 6.10 Å². The first-order valence-electron chi connectivity index (χ1n) is 6.77. The SMILES string of the molecule is C[C@@H]1C(=O)N(CCOC(=O)C(C)(C)Br)C(=O)C2C=CC1O2. The predicted octanol–water partition coefficient (Wildman–Crippen LogP) is 1.03. The molecule has 1 saturated heterocycles. The van der Waals surface area contributed by atoms with Crippen LogP contribution in [0.15, 0.2) is 12.2 Å². The van der Waals surface area contributed by atoms with E-state index in [0.29, 0.717) is 0 Å². The lowest BCUT2D eigenvalue weighted by Gasteiger charge is -2.23. The number of alkyl halides is 1. The molecule has 2 rings (SSSR count). The minimum atomic E-state index is -0.794. The molecule has 7 heteroatoms. The first kappa shape index (κ1) is 16.2. The lowest BCUT2D eigenvalue weighted by Crippen LogP contribution is -2.45. The van der Waals surface area contributed by atoms with Gasteiger partial charge in [0.2, 0.25) is 5.91 Å². The van der Waals surface area contributed by atoms with Crippen molar-refractivity contribution in [3.63, 3.8) is 0 Å². The number of rotatable bonds is 4. The Morgan fingerprint density at radius 3 is 2.67 bits per heavy atom. The maximum Gasteiger partial charge on any atom is 0.322 e. The van der Waals surface area contributed by atoms with Crippen molar-refractivity contribution in [3.8, 4) is 0 Å². The van der Waals surface area contributed by atoms with Crippen LogP contribution in [0.5, 0.6) is 0 Å². The molecule has 0 aromatic rings. The molecular formula is C14H18BrNO5. The second-order valence-corrected chi connectivity index (χ2v) is 7.61. The van der Waals surface area contributed by atoms with Gasteiger partial charge in [-0.1, -0.05) is 28.9 Å². The smallest absolute Gasteiger partial charge is 0.322 e. The highest BCUT2D eigenvalue weighted by Gasteiger charge is 2.42. The Balaban J connectivity index is 1.99. The molecule has 0 N–H and O–H groups in total. The molecule has 0 aromatic heterocycles. The molecule has 3 atom stereocenters. The van der Waals surface area contributed by atoms with E-state index in [2.05, 4.69) is 15.9 Å². The van der Waals surface area contributed by atoms with Crippen molar-refractivity contribution in [3.05, 3.63) is 12.2 Å². The number of imide groups is 1. The molecule has 0 radical (unpaired) electrons. The van der Waals surface area contributed by atoms with E-state index in [9.17, 15) is 14.4 Å². The number of nitrogens with zero attached hydrogens (tertiary/aromatic N) is 1. The van der Waals surface area contributed by atoms with Gasteiger partial charge in [-0.2, -0.15) is 0 Å². The van der Waals surface area contributed by atoms with E-state index >= 15 is 0 Å². The number of hydrogen-bond acceptors (Lipinski definition) is 5. The van der Waals surface area contributed by atoms with Gasteiger partial charge in [-0.15, -0.1) is 0 Å². The summed E-state index contributed by atoms with van der Waals surface area (Å²) in [6.07, 6.45) is 2.33. The normalized spacial score (nSPS) is 28.8. The van der Waals surface area contributed by atoms with E-state index in [-0.39, 0.29) is 25.2 Å². The highest BCUT2D eigenvalue weighted by molar-refractivity contribution is 9.10. The minimum absolute atomic E-state index is 0.0286. The Labute approximate surface area is 131 Å². The number of amides is 2. The molecular weight excluding hydrogens is 342 g/mol. The summed E-state index contributed by atoms with van der Waals surface area (Å²) < 4.78 is 9.77. The number of carbonyl (C=O) groups excluding carboxylic acids is 3. The molecule has 21 heavy (non-hydrogen) atoms. The molecule has 0 saturated carbocycles. The summed E-state index contributed by atoms with van der Waals surface area (Å²) >= 11 is 3.19. The summed E-state index contributed by atoms with van der Waals surface area (Å²) in [5, 5.41) is 0. The van der Waals surface area contributed by atoms with Gasteiger partial charge < -0.3 is 9.47 Å². The Morgan fingerprint density at radius 1 is 1.38 bits per heavy atom. The second kappa shape index (κ2) is 5.88. The standard InChI is InChI=1S/C14H18BrNO5/c1-8-9-4-5-10(21-9)12(18)16(11(8)17)6-7-20-13(19)14(2,3)15/h4-5,8-10H,6-7H2,1-3H3/t8-,9?,10?/m0/s1. The van der Waals surface area contributed by atoms with Gasteiger partial charge in [0.05, 0.1) is 18.6 Å². The third-order valence-electron chi connectivity index (χ3n) is 3.47. The van der Waals surface area contributed by atoms with Gasteiger partial charge in [0.1, 0.15) is 10.9 Å². The van der Waals surface area contributed by atoms with Crippen LogP contribution in [0, 0.1) is 5.92 Å². The molecule has 0 spiro atoms. The maximum absolute atomic E-state index is 12.3. The lowest BCUT2D eigenvalue weighted by molar-refractivity contribution is -0.153. The van der Waals surface area contributed by atoms with Gasteiger partial charge in [-0.3, -0.25) is 19.3 Å². The highest BCUT2D eigenvalue weighted by Crippen LogP contribution is 2.26. The fraction of sp³-hybridized carbons (Fsp3) is 0.643. The monoisotopic (exact) mass is 359 g/mol. The van der Waals surface area contributed by atoms with E-state index in [0.717, 1.165) is 4.90 Å². The largest absolute Gasteiger partial charge is 0.463 e. The molecule has 2 amide bonds. The number of carbonyl (C=O) groups is 3. The van der Waals surface area contributed by atoms with Crippen molar-refractivity contribution in [2.75, 3.05) is 13.2 Å². The molecule has 2 unspecified atom stereocenters. The fourth-order valence-corrected chi connectivity index (χ4v) is 2.28. The lowest BCUT2D eigenvalue weighted by atomic mass is 10.0. The van der Waals surface area contributed by atoms with Crippen LogP contribution in [0.2, 0.25) is 0 Å². The van der Waals surface area contributed by atoms with E-state index < -0.39 is 28.2 Å². The zero-order chi connectivity index (χ0) is 15.8. The molecule has 2 bridgehead atoms. The average Bonchev–Trinajstić information content (AvgIpc) is 2.87. The quantitative estimate of drug-likeness (QED) is 0.324. The van der Waals surface area contributed by atoms with Crippen molar-refractivity contribution in [2.24, 2.45) is 5.92 Å². The average molecular weight is 360 g/mol. The van der Waals surface area contributed by atoms with Gasteiger partial charge in [-0.25, -0.2) is 0 Å². The summed E-state index contributed by atoms with van der Waals surface area (Å²) in [5.41, 5.74) is 0. The number of esters is 1. The zero-order valence-electron chi connectivity index (χ0n) is 12.2. The maximum atomic E-state index is 12.3.